The number of rotatable bonds is 2. The van der Waals surface area contributed by atoms with E-state index < -0.39 is 0 Å². The third-order valence-corrected chi connectivity index (χ3v) is 4.10. The number of aromatic nitrogens is 2. The largest absolute Gasteiger partial charge is 0.233 e. The first-order chi connectivity index (χ1) is 11.2. The SMILES string of the molecule is C=C(c1ccc2ccccc2c1)c1nc(C)nc2ccccc12. The minimum absolute atomic E-state index is 0.764. The van der Waals surface area contributed by atoms with E-state index in [0.29, 0.717) is 0 Å². The summed E-state index contributed by atoms with van der Waals surface area (Å²) in [4.78, 5) is 9.16. The summed E-state index contributed by atoms with van der Waals surface area (Å²) < 4.78 is 0. The number of aryl methyl sites for hydroxylation is 1. The van der Waals surface area contributed by atoms with Crippen molar-refractivity contribution in [1.82, 2.24) is 9.97 Å². The summed E-state index contributed by atoms with van der Waals surface area (Å²) in [5.74, 6) is 0.764. The van der Waals surface area contributed by atoms with Crippen LogP contribution in [0.4, 0.5) is 0 Å². The molecule has 0 aliphatic carbocycles. The van der Waals surface area contributed by atoms with Gasteiger partial charge in [-0.2, -0.15) is 0 Å². The molecule has 1 aromatic heterocycles. The Kier molecular flexibility index (Phi) is 3.16. The van der Waals surface area contributed by atoms with Crippen LogP contribution < -0.4 is 0 Å². The molecule has 0 saturated carbocycles. The van der Waals surface area contributed by atoms with Gasteiger partial charge in [0.25, 0.3) is 0 Å². The molecule has 0 saturated heterocycles. The van der Waals surface area contributed by atoms with Crippen LogP contribution in [0.5, 0.6) is 0 Å². The second-order valence-corrected chi connectivity index (χ2v) is 5.68. The number of fused-ring (bicyclic) bond motifs is 2. The predicted molar refractivity (Wildman–Crippen MR) is 96.4 cm³/mol. The number of nitrogens with zero attached hydrogens (tertiary/aromatic N) is 2. The quantitative estimate of drug-likeness (QED) is 0.511. The van der Waals surface area contributed by atoms with Gasteiger partial charge in [0.05, 0.1) is 11.2 Å². The Hall–Kier alpha value is -3.00. The maximum absolute atomic E-state index is 4.65. The van der Waals surface area contributed by atoms with E-state index in [1.165, 1.54) is 10.8 Å². The predicted octanol–water partition coefficient (Wildman–Crippen LogP) is 5.15. The van der Waals surface area contributed by atoms with Crippen molar-refractivity contribution in [2.45, 2.75) is 6.92 Å². The molecule has 4 rings (SSSR count). The van der Waals surface area contributed by atoms with Gasteiger partial charge in [0.1, 0.15) is 5.82 Å². The second kappa shape index (κ2) is 5.33. The van der Waals surface area contributed by atoms with E-state index in [4.69, 9.17) is 0 Å². The highest BCUT2D eigenvalue weighted by molar-refractivity contribution is 5.95. The summed E-state index contributed by atoms with van der Waals surface area (Å²) in [5, 5.41) is 3.48. The lowest BCUT2D eigenvalue weighted by Crippen LogP contribution is -1.98. The van der Waals surface area contributed by atoms with Crippen LogP contribution in [0.1, 0.15) is 17.1 Å². The van der Waals surface area contributed by atoms with Crippen molar-refractivity contribution in [2.24, 2.45) is 0 Å². The van der Waals surface area contributed by atoms with E-state index >= 15 is 0 Å². The lowest BCUT2D eigenvalue weighted by Gasteiger charge is -2.11. The molecule has 23 heavy (non-hydrogen) atoms. The topological polar surface area (TPSA) is 25.8 Å². The first-order valence-electron chi connectivity index (χ1n) is 7.64. The first kappa shape index (κ1) is 13.6. The summed E-state index contributed by atoms with van der Waals surface area (Å²) in [6.45, 7) is 6.22. The zero-order valence-electron chi connectivity index (χ0n) is 13.0. The number of hydrogen-bond acceptors (Lipinski definition) is 2. The van der Waals surface area contributed by atoms with Crippen molar-refractivity contribution in [3.8, 4) is 0 Å². The van der Waals surface area contributed by atoms with E-state index in [9.17, 15) is 0 Å². The Labute approximate surface area is 135 Å². The number of para-hydroxylation sites is 1. The minimum Gasteiger partial charge on any atom is -0.233 e. The fourth-order valence-electron chi connectivity index (χ4n) is 2.94. The molecule has 0 N–H and O–H groups in total. The third-order valence-electron chi connectivity index (χ3n) is 4.10. The minimum atomic E-state index is 0.764. The second-order valence-electron chi connectivity index (χ2n) is 5.68. The van der Waals surface area contributed by atoms with Gasteiger partial charge in [-0.3, -0.25) is 0 Å². The number of hydrogen-bond donors (Lipinski definition) is 0. The molecule has 0 aliphatic heterocycles. The molecule has 110 valence electrons. The van der Waals surface area contributed by atoms with E-state index in [-0.39, 0.29) is 0 Å². The molecule has 0 radical (unpaired) electrons. The highest BCUT2D eigenvalue weighted by Crippen LogP contribution is 2.28. The summed E-state index contributed by atoms with van der Waals surface area (Å²) in [5.41, 5.74) is 3.88. The van der Waals surface area contributed by atoms with Crippen LogP contribution in [0.3, 0.4) is 0 Å². The lowest BCUT2D eigenvalue weighted by molar-refractivity contribution is 1.08. The normalized spacial score (nSPS) is 11.0. The van der Waals surface area contributed by atoms with Gasteiger partial charge in [0.15, 0.2) is 0 Å². The highest BCUT2D eigenvalue weighted by atomic mass is 14.9. The van der Waals surface area contributed by atoms with Crippen LogP contribution in [0.2, 0.25) is 0 Å². The van der Waals surface area contributed by atoms with Crippen molar-refractivity contribution in [2.75, 3.05) is 0 Å². The molecule has 0 amide bonds. The third kappa shape index (κ3) is 2.38. The molecular formula is C21H16N2. The molecule has 0 atom stereocenters. The Bertz CT molecular complexity index is 1050. The Morgan fingerprint density at radius 3 is 2.43 bits per heavy atom. The Morgan fingerprint density at radius 1 is 0.826 bits per heavy atom. The van der Waals surface area contributed by atoms with E-state index in [1.54, 1.807) is 0 Å². The molecule has 2 nitrogen and oxygen atoms in total. The summed E-state index contributed by atoms with van der Waals surface area (Å²) >= 11 is 0. The maximum Gasteiger partial charge on any atom is 0.126 e. The standard InChI is InChI=1S/C21H16N2/c1-14(17-12-11-16-7-3-4-8-18(16)13-17)21-19-9-5-6-10-20(19)22-15(2)23-21/h3-13H,1H2,2H3. The lowest BCUT2D eigenvalue weighted by atomic mass is 9.98. The molecule has 0 unspecified atom stereocenters. The zero-order chi connectivity index (χ0) is 15.8. The van der Waals surface area contributed by atoms with Gasteiger partial charge in [-0.15, -0.1) is 0 Å². The molecule has 4 aromatic rings. The molecule has 0 spiro atoms. The molecular weight excluding hydrogens is 280 g/mol. The van der Waals surface area contributed by atoms with Crippen molar-refractivity contribution >= 4 is 27.2 Å². The van der Waals surface area contributed by atoms with Gasteiger partial charge < -0.3 is 0 Å². The van der Waals surface area contributed by atoms with Crippen molar-refractivity contribution in [3.05, 3.63) is 90.4 Å². The molecule has 0 aliphatic rings. The Morgan fingerprint density at radius 2 is 1.57 bits per heavy atom. The van der Waals surface area contributed by atoms with Gasteiger partial charge in [-0.05, 0) is 35.4 Å². The monoisotopic (exact) mass is 296 g/mol. The van der Waals surface area contributed by atoms with Gasteiger partial charge in [0, 0.05) is 11.0 Å². The van der Waals surface area contributed by atoms with Gasteiger partial charge in [0.2, 0.25) is 0 Å². The van der Waals surface area contributed by atoms with E-state index in [2.05, 4.69) is 65.1 Å². The van der Waals surface area contributed by atoms with E-state index in [1.807, 2.05) is 25.1 Å². The maximum atomic E-state index is 4.65. The fraction of sp³-hybridized carbons (Fsp3) is 0.0476. The average molecular weight is 296 g/mol. The van der Waals surface area contributed by atoms with Crippen molar-refractivity contribution in [3.63, 3.8) is 0 Å². The summed E-state index contributed by atoms with van der Waals surface area (Å²) in [6.07, 6.45) is 0. The van der Waals surface area contributed by atoms with Gasteiger partial charge in [-0.25, -0.2) is 9.97 Å². The fourth-order valence-corrected chi connectivity index (χ4v) is 2.94. The summed E-state index contributed by atoms with van der Waals surface area (Å²) in [6, 6.07) is 22.8. The van der Waals surface area contributed by atoms with Crippen molar-refractivity contribution < 1.29 is 0 Å². The zero-order valence-corrected chi connectivity index (χ0v) is 13.0. The Balaban J connectivity index is 1.91. The molecule has 0 bridgehead atoms. The van der Waals surface area contributed by atoms with Gasteiger partial charge in [-0.1, -0.05) is 61.2 Å². The summed E-state index contributed by atoms with van der Waals surface area (Å²) in [7, 11) is 0. The van der Waals surface area contributed by atoms with Crippen molar-refractivity contribution in [1.29, 1.82) is 0 Å². The molecule has 3 aromatic carbocycles. The van der Waals surface area contributed by atoms with Crippen LogP contribution in [0.15, 0.2) is 73.3 Å². The molecule has 1 heterocycles. The van der Waals surface area contributed by atoms with Crippen LogP contribution in [0.25, 0.3) is 27.2 Å². The highest BCUT2D eigenvalue weighted by Gasteiger charge is 2.11. The van der Waals surface area contributed by atoms with Crippen LogP contribution >= 0.6 is 0 Å². The molecule has 2 heteroatoms. The number of benzene rings is 3. The first-order valence-corrected chi connectivity index (χ1v) is 7.64. The van der Waals surface area contributed by atoms with Crippen LogP contribution in [-0.4, -0.2) is 9.97 Å². The average Bonchev–Trinajstić information content (AvgIpc) is 2.60. The smallest absolute Gasteiger partial charge is 0.126 e. The molecule has 0 fully saturated rings. The van der Waals surface area contributed by atoms with Gasteiger partial charge >= 0.3 is 0 Å². The van der Waals surface area contributed by atoms with E-state index in [0.717, 1.165) is 33.6 Å². The van der Waals surface area contributed by atoms with Crippen LogP contribution in [-0.2, 0) is 0 Å². The van der Waals surface area contributed by atoms with Crippen LogP contribution in [0, 0.1) is 6.92 Å².